The van der Waals surface area contributed by atoms with E-state index in [0.29, 0.717) is 48.4 Å². The standard InChI is InChI=1S/C22H24O5/c1-3-4-11-25-21-14-16(6-9-19(21)24-2)5-8-18(23)17-7-10-20-22(15-17)27-13-12-26-20/h5-10,14-15H,3-4,11-13H2,1-2H3/b8-5+. The molecule has 0 aromatic heterocycles. The van der Waals surface area contributed by atoms with Crippen LogP contribution in [-0.2, 0) is 0 Å². The molecule has 2 aromatic carbocycles. The Morgan fingerprint density at radius 3 is 2.67 bits per heavy atom. The van der Waals surface area contributed by atoms with Crippen LogP contribution in [0.3, 0.4) is 0 Å². The Bertz CT molecular complexity index is 825. The van der Waals surface area contributed by atoms with Gasteiger partial charge in [0.1, 0.15) is 13.2 Å². The topological polar surface area (TPSA) is 54.0 Å². The second-order valence-corrected chi connectivity index (χ2v) is 6.17. The maximum atomic E-state index is 12.5. The van der Waals surface area contributed by atoms with Crippen molar-refractivity contribution in [1.29, 1.82) is 0 Å². The quantitative estimate of drug-likeness (QED) is 0.389. The van der Waals surface area contributed by atoms with Gasteiger partial charge in [0.25, 0.3) is 0 Å². The van der Waals surface area contributed by atoms with Gasteiger partial charge in [0.15, 0.2) is 28.8 Å². The maximum absolute atomic E-state index is 12.5. The van der Waals surface area contributed by atoms with Crippen LogP contribution in [0, 0.1) is 0 Å². The molecule has 1 aliphatic heterocycles. The van der Waals surface area contributed by atoms with Crippen molar-refractivity contribution in [2.45, 2.75) is 19.8 Å². The second kappa shape index (κ2) is 9.12. The lowest BCUT2D eigenvalue weighted by atomic mass is 10.1. The van der Waals surface area contributed by atoms with Gasteiger partial charge in [0.05, 0.1) is 13.7 Å². The van der Waals surface area contributed by atoms with Crippen LogP contribution in [0.15, 0.2) is 42.5 Å². The van der Waals surface area contributed by atoms with Gasteiger partial charge in [-0.15, -0.1) is 0 Å². The van der Waals surface area contributed by atoms with Crippen LogP contribution >= 0.6 is 0 Å². The zero-order valence-corrected chi connectivity index (χ0v) is 15.7. The lowest BCUT2D eigenvalue weighted by Gasteiger charge is -2.18. The Morgan fingerprint density at radius 2 is 1.89 bits per heavy atom. The Hall–Kier alpha value is -2.95. The smallest absolute Gasteiger partial charge is 0.185 e. The molecule has 0 radical (unpaired) electrons. The van der Waals surface area contributed by atoms with Crippen LogP contribution in [0.2, 0.25) is 0 Å². The zero-order valence-electron chi connectivity index (χ0n) is 15.7. The van der Waals surface area contributed by atoms with Gasteiger partial charge in [0, 0.05) is 5.56 Å². The van der Waals surface area contributed by atoms with Crippen molar-refractivity contribution in [1.82, 2.24) is 0 Å². The summed E-state index contributed by atoms with van der Waals surface area (Å²) in [6.07, 6.45) is 5.35. The summed E-state index contributed by atoms with van der Waals surface area (Å²) in [6, 6.07) is 10.8. The van der Waals surface area contributed by atoms with Crippen molar-refractivity contribution >= 4 is 11.9 Å². The lowest BCUT2D eigenvalue weighted by molar-refractivity contribution is 0.104. The molecule has 5 heteroatoms. The number of hydrogen-bond acceptors (Lipinski definition) is 5. The summed E-state index contributed by atoms with van der Waals surface area (Å²) in [5.74, 6) is 2.54. The molecule has 142 valence electrons. The second-order valence-electron chi connectivity index (χ2n) is 6.17. The number of ketones is 1. The maximum Gasteiger partial charge on any atom is 0.185 e. The third-order valence-corrected chi connectivity index (χ3v) is 4.20. The fraction of sp³-hybridized carbons (Fsp3) is 0.318. The Kier molecular flexibility index (Phi) is 6.36. The summed E-state index contributed by atoms with van der Waals surface area (Å²) >= 11 is 0. The number of hydrogen-bond donors (Lipinski definition) is 0. The highest BCUT2D eigenvalue weighted by atomic mass is 16.6. The largest absolute Gasteiger partial charge is 0.493 e. The first-order valence-corrected chi connectivity index (χ1v) is 9.14. The molecule has 3 rings (SSSR count). The van der Waals surface area contributed by atoms with Crippen LogP contribution in [0.4, 0.5) is 0 Å². The highest BCUT2D eigenvalue weighted by Gasteiger charge is 2.13. The highest BCUT2D eigenvalue weighted by Crippen LogP contribution is 2.31. The molecule has 2 aromatic rings. The van der Waals surface area contributed by atoms with E-state index in [9.17, 15) is 4.79 Å². The number of benzene rings is 2. The number of carbonyl (C=O) groups excluding carboxylic acids is 1. The molecule has 0 amide bonds. The minimum atomic E-state index is -0.101. The normalized spacial score (nSPS) is 12.8. The molecule has 27 heavy (non-hydrogen) atoms. The summed E-state index contributed by atoms with van der Waals surface area (Å²) in [7, 11) is 1.61. The van der Waals surface area contributed by atoms with E-state index < -0.39 is 0 Å². The summed E-state index contributed by atoms with van der Waals surface area (Å²) in [6.45, 7) is 3.77. The average molecular weight is 368 g/mol. The van der Waals surface area contributed by atoms with Gasteiger partial charge in [-0.3, -0.25) is 4.79 Å². The van der Waals surface area contributed by atoms with Crippen LogP contribution in [-0.4, -0.2) is 32.7 Å². The van der Waals surface area contributed by atoms with E-state index in [1.807, 2.05) is 18.2 Å². The monoisotopic (exact) mass is 368 g/mol. The molecule has 0 atom stereocenters. The SMILES string of the molecule is CCCCOc1cc(/C=C/C(=O)c2ccc3c(c2)OCCO3)ccc1OC. The van der Waals surface area contributed by atoms with Crippen molar-refractivity contribution in [3.8, 4) is 23.0 Å². The number of allylic oxidation sites excluding steroid dienone is 1. The van der Waals surface area contributed by atoms with Crippen LogP contribution < -0.4 is 18.9 Å². The lowest BCUT2D eigenvalue weighted by Crippen LogP contribution is -2.15. The van der Waals surface area contributed by atoms with Crippen molar-refractivity contribution < 1.29 is 23.7 Å². The van der Waals surface area contributed by atoms with Gasteiger partial charge in [-0.25, -0.2) is 0 Å². The highest BCUT2D eigenvalue weighted by molar-refractivity contribution is 6.07. The summed E-state index contributed by atoms with van der Waals surface area (Å²) in [5, 5.41) is 0. The summed E-state index contributed by atoms with van der Waals surface area (Å²) in [4.78, 5) is 12.5. The fourth-order valence-electron chi connectivity index (χ4n) is 2.70. The van der Waals surface area contributed by atoms with Crippen molar-refractivity contribution in [3.63, 3.8) is 0 Å². The zero-order chi connectivity index (χ0) is 19.1. The number of unbranched alkanes of at least 4 members (excludes halogenated alkanes) is 1. The van der Waals surface area contributed by atoms with Gasteiger partial charge < -0.3 is 18.9 Å². The Labute approximate surface area is 159 Å². The summed E-state index contributed by atoms with van der Waals surface area (Å²) < 4.78 is 22.1. The molecule has 0 saturated carbocycles. The number of carbonyl (C=O) groups is 1. The number of rotatable bonds is 8. The Balaban J connectivity index is 1.73. The Morgan fingerprint density at radius 1 is 1.07 bits per heavy atom. The van der Waals surface area contributed by atoms with Gasteiger partial charge >= 0.3 is 0 Å². The minimum absolute atomic E-state index is 0.101. The van der Waals surface area contributed by atoms with Crippen molar-refractivity contribution in [3.05, 3.63) is 53.6 Å². The molecular weight excluding hydrogens is 344 g/mol. The van der Waals surface area contributed by atoms with E-state index in [1.165, 1.54) is 0 Å². The molecule has 0 spiro atoms. The summed E-state index contributed by atoms with van der Waals surface area (Å²) in [5.41, 5.74) is 1.43. The van der Waals surface area contributed by atoms with Gasteiger partial charge in [0.2, 0.25) is 0 Å². The van der Waals surface area contributed by atoms with Crippen LogP contribution in [0.5, 0.6) is 23.0 Å². The molecule has 0 aliphatic carbocycles. The first kappa shape index (κ1) is 18.8. The van der Waals surface area contributed by atoms with E-state index in [0.717, 1.165) is 18.4 Å². The molecule has 0 saturated heterocycles. The van der Waals surface area contributed by atoms with E-state index in [2.05, 4.69) is 6.92 Å². The van der Waals surface area contributed by atoms with E-state index in [-0.39, 0.29) is 5.78 Å². The number of ether oxygens (including phenoxy) is 4. The first-order chi connectivity index (χ1) is 13.2. The third kappa shape index (κ3) is 4.82. The predicted molar refractivity (Wildman–Crippen MR) is 104 cm³/mol. The molecular formula is C22H24O5. The van der Waals surface area contributed by atoms with E-state index >= 15 is 0 Å². The third-order valence-electron chi connectivity index (χ3n) is 4.20. The molecule has 1 heterocycles. The first-order valence-electron chi connectivity index (χ1n) is 9.14. The molecule has 0 N–H and O–H groups in total. The number of fused-ring (bicyclic) bond motifs is 1. The van der Waals surface area contributed by atoms with E-state index in [1.54, 1.807) is 37.5 Å². The minimum Gasteiger partial charge on any atom is -0.493 e. The predicted octanol–water partition coefficient (Wildman–Crippen LogP) is 4.54. The van der Waals surface area contributed by atoms with Crippen LogP contribution in [0.1, 0.15) is 35.7 Å². The number of methoxy groups -OCH3 is 1. The van der Waals surface area contributed by atoms with E-state index in [4.69, 9.17) is 18.9 Å². The van der Waals surface area contributed by atoms with Crippen molar-refractivity contribution in [2.24, 2.45) is 0 Å². The average Bonchev–Trinajstić information content (AvgIpc) is 2.72. The molecule has 0 unspecified atom stereocenters. The van der Waals surface area contributed by atoms with Crippen LogP contribution in [0.25, 0.3) is 6.08 Å². The molecule has 5 nitrogen and oxygen atoms in total. The molecule has 0 bridgehead atoms. The fourth-order valence-corrected chi connectivity index (χ4v) is 2.70. The van der Waals surface area contributed by atoms with Crippen molar-refractivity contribution in [2.75, 3.05) is 26.9 Å². The molecule has 0 fully saturated rings. The molecule has 1 aliphatic rings. The van der Waals surface area contributed by atoms with Gasteiger partial charge in [-0.05, 0) is 48.4 Å². The van der Waals surface area contributed by atoms with Gasteiger partial charge in [-0.2, -0.15) is 0 Å². The van der Waals surface area contributed by atoms with Gasteiger partial charge in [-0.1, -0.05) is 25.5 Å².